The van der Waals surface area contributed by atoms with Gasteiger partial charge in [-0.2, -0.15) is 0 Å². The van der Waals surface area contributed by atoms with Crippen LogP contribution < -0.4 is 5.32 Å². The van der Waals surface area contributed by atoms with E-state index >= 15 is 0 Å². The fourth-order valence-electron chi connectivity index (χ4n) is 2.55. The molecule has 1 aliphatic heterocycles. The quantitative estimate of drug-likeness (QED) is 0.729. The van der Waals surface area contributed by atoms with Gasteiger partial charge < -0.3 is 15.0 Å². The Hall–Kier alpha value is -1.10. The van der Waals surface area contributed by atoms with E-state index < -0.39 is 11.6 Å². The highest BCUT2D eigenvalue weighted by atomic mass is 16.5. The van der Waals surface area contributed by atoms with E-state index in [1.165, 1.54) is 0 Å². The first-order valence-corrected chi connectivity index (χ1v) is 7.87. The Morgan fingerprint density at radius 1 is 1.19 bits per heavy atom. The Labute approximate surface area is 128 Å². The molecule has 122 valence electrons. The lowest BCUT2D eigenvalue weighted by atomic mass is 9.91. The number of carbonyl (C=O) groups is 2. The van der Waals surface area contributed by atoms with Crippen LogP contribution in [0.25, 0.3) is 0 Å². The summed E-state index contributed by atoms with van der Waals surface area (Å²) in [5.74, 6) is 0.584. The Morgan fingerprint density at radius 3 is 2.33 bits per heavy atom. The highest BCUT2D eigenvalue weighted by Gasteiger charge is 2.45. The summed E-state index contributed by atoms with van der Waals surface area (Å²) in [6, 6.07) is -0.403. The predicted octanol–water partition coefficient (Wildman–Crippen LogP) is 1.81. The lowest BCUT2D eigenvalue weighted by molar-refractivity contribution is -0.156. The molecule has 0 aromatic heterocycles. The first kappa shape index (κ1) is 18.0. The summed E-state index contributed by atoms with van der Waals surface area (Å²) in [7, 11) is 0. The fourth-order valence-corrected chi connectivity index (χ4v) is 2.55. The maximum absolute atomic E-state index is 12.5. The van der Waals surface area contributed by atoms with Crippen LogP contribution in [0.4, 0.5) is 0 Å². The minimum absolute atomic E-state index is 0.0340. The summed E-state index contributed by atoms with van der Waals surface area (Å²) >= 11 is 0. The number of piperazine rings is 1. The van der Waals surface area contributed by atoms with Crippen molar-refractivity contribution in [3.8, 4) is 0 Å². The van der Waals surface area contributed by atoms with Gasteiger partial charge >= 0.3 is 0 Å². The van der Waals surface area contributed by atoms with Crippen LogP contribution in [0.1, 0.15) is 48.0 Å². The van der Waals surface area contributed by atoms with E-state index in [1.54, 1.807) is 18.7 Å². The lowest BCUT2D eigenvalue weighted by Gasteiger charge is -2.44. The van der Waals surface area contributed by atoms with Gasteiger partial charge in [0.2, 0.25) is 11.8 Å². The number of hydrogen-bond acceptors (Lipinski definition) is 3. The zero-order valence-corrected chi connectivity index (χ0v) is 14.2. The van der Waals surface area contributed by atoms with Gasteiger partial charge in [0.05, 0.1) is 6.61 Å². The third-order valence-corrected chi connectivity index (χ3v) is 3.78. The smallest absolute Gasteiger partial charge is 0.248 e. The second kappa shape index (κ2) is 7.25. The van der Waals surface area contributed by atoms with Gasteiger partial charge in [0.25, 0.3) is 0 Å². The van der Waals surface area contributed by atoms with Crippen molar-refractivity contribution in [2.45, 2.75) is 59.5 Å². The number of hydrogen-bond donors (Lipinski definition) is 1. The standard InChI is InChI=1S/C16H30N2O3/c1-11(2)7-9-21-10-8-18-13(12(3)4)14(19)17-16(5,6)15(18)20/h11-13H,7-10H2,1-6H3,(H,17,19). The third-order valence-electron chi connectivity index (χ3n) is 3.78. The summed E-state index contributed by atoms with van der Waals surface area (Å²) in [5.41, 5.74) is -0.833. The summed E-state index contributed by atoms with van der Waals surface area (Å²) < 4.78 is 5.60. The highest BCUT2D eigenvalue weighted by molar-refractivity contribution is 5.99. The molecule has 0 spiro atoms. The van der Waals surface area contributed by atoms with Crippen molar-refractivity contribution in [3.05, 3.63) is 0 Å². The molecule has 1 heterocycles. The number of rotatable bonds is 7. The number of nitrogens with zero attached hydrogens (tertiary/aromatic N) is 1. The largest absolute Gasteiger partial charge is 0.380 e. The molecule has 0 aliphatic carbocycles. The molecule has 0 aromatic carbocycles. The molecule has 21 heavy (non-hydrogen) atoms. The topological polar surface area (TPSA) is 58.6 Å². The molecule has 0 saturated carbocycles. The number of nitrogens with one attached hydrogen (secondary N) is 1. The summed E-state index contributed by atoms with van der Waals surface area (Å²) in [6.45, 7) is 13.4. The van der Waals surface area contributed by atoms with Crippen LogP contribution in [0.5, 0.6) is 0 Å². The van der Waals surface area contributed by atoms with Crippen molar-refractivity contribution in [2.24, 2.45) is 11.8 Å². The van der Waals surface area contributed by atoms with E-state index in [-0.39, 0.29) is 17.7 Å². The predicted molar refractivity (Wildman–Crippen MR) is 82.8 cm³/mol. The molecule has 1 atom stereocenters. The van der Waals surface area contributed by atoms with Crippen molar-refractivity contribution in [1.29, 1.82) is 0 Å². The van der Waals surface area contributed by atoms with Gasteiger partial charge in [0.1, 0.15) is 11.6 Å². The fraction of sp³-hybridized carbons (Fsp3) is 0.875. The van der Waals surface area contributed by atoms with Crippen molar-refractivity contribution < 1.29 is 14.3 Å². The molecule has 2 amide bonds. The lowest BCUT2D eigenvalue weighted by Crippen LogP contribution is -2.69. The number of carbonyl (C=O) groups excluding carboxylic acids is 2. The van der Waals surface area contributed by atoms with Crippen LogP contribution in [0.3, 0.4) is 0 Å². The zero-order chi connectivity index (χ0) is 16.2. The second-order valence-electron chi connectivity index (χ2n) is 7.10. The molecular weight excluding hydrogens is 268 g/mol. The van der Waals surface area contributed by atoms with E-state index in [0.29, 0.717) is 25.7 Å². The van der Waals surface area contributed by atoms with Crippen molar-refractivity contribution in [1.82, 2.24) is 10.2 Å². The SMILES string of the molecule is CC(C)CCOCCN1C(=O)C(C)(C)NC(=O)C1C(C)C. The average Bonchev–Trinajstić information content (AvgIpc) is 2.33. The van der Waals surface area contributed by atoms with Gasteiger partial charge in [0, 0.05) is 13.2 Å². The average molecular weight is 298 g/mol. The van der Waals surface area contributed by atoms with Crippen LogP contribution in [-0.2, 0) is 14.3 Å². The summed E-state index contributed by atoms with van der Waals surface area (Å²) in [5, 5.41) is 2.81. The van der Waals surface area contributed by atoms with E-state index in [9.17, 15) is 9.59 Å². The Bertz CT molecular complexity index is 378. The number of amides is 2. The normalized spacial score (nSPS) is 22.1. The maximum Gasteiger partial charge on any atom is 0.248 e. The molecule has 1 saturated heterocycles. The van der Waals surface area contributed by atoms with Crippen molar-refractivity contribution >= 4 is 11.8 Å². The molecule has 1 unspecified atom stereocenters. The van der Waals surface area contributed by atoms with Gasteiger partial charge in [0.15, 0.2) is 0 Å². The van der Waals surface area contributed by atoms with Crippen LogP contribution in [0.2, 0.25) is 0 Å². The Balaban J connectivity index is 2.64. The molecule has 5 heteroatoms. The zero-order valence-electron chi connectivity index (χ0n) is 14.2. The molecule has 5 nitrogen and oxygen atoms in total. The molecule has 1 rings (SSSR count). The van der Waals surface area contributed by atoms with Crippen LogP contribution in [0, 0.1) is 11.8 Å². The van der Waals surface area contributed by atoms with E-state index in [1.807, 2.05) is 13.8 Å². The van der Waals surface area contributed by atoms with Crippen LogP contribution in [-0.4, -0.2) is 48.1 Å². The van der Waals surface area contributed by atoms with Gasteiger partial charge in [-0.05, 0) is 32.1 Å². The van der Waals surface area contributed by atoms with Gasteiger partial charge in [-0.25, -0.2) is 0 Å². The van der Waals surface area contributed by atoms with Gasteiger partial charge in [-0.15, -0.1) is 0 Å². The summed E-state index contributed by atoms with van der Waals surface area (Å²) in [6.07, 6.45) is 1.01. The minimum Gasteiger partial charge on any atom is -0.380 e. The Morgan fingerprint density at radius 2 is 1.81 bits per heavy atom. The highest BCUT2D eigenvalue weighted by Crippen LogP contribution is 2.22. The Kier molecular flexibility index (Phi) is 6.20. The minimum atomic E-state index is -0.833. The van der Waals surface area contributed by atoms with Gasteiger partial charge in [-0.1, -0.05) is 27.7 Å². The molecule has 1 aliphatic rings. The first-order valence-electron chi connectivity index (χ1n) is 7.87. The molecule has 0 bridgehead atoms. The third kappa shape index (κ3) is 4.70. The molecule has 1 N–H and O–H groups in total. The van der Waals surface area contributed by atoms with E-state index in [0.717, 1.165) is 6.42 Å². The van der Waals surface area contributed by atoms with Gasteiger partial charge in [-0.3, -0.25) is 9.59 Å². The first-order chi connectivity index (χ1) is 9.66. The summed E-state index contributed by atoms with van der Waals surface area (Å²) in [4.78, 5) is 26.5. The van der Waals surface area contributed by atoms with Crippen molar-refractivity contribution in [3.63, 3.8) is 0 Å². The maximum atomic E-state index is 12.5. The molecule has 0 radical (unpaired) electrons. The molecule has 1 fully saturated rings. The van der Waals surface area contributed by atoms with Crippen molar-refractivity contribution in [2.75, 3.05) is 19.8 Å². The monoisotopic (exact) mass is 298 g/mol. The molecular formula is C16H30N2O3. The second-order valence-corrected chi connectivity index (χ2v) is 7.10. The molecule has 0 aromatic rings. The van der Waals surface area contributed by atoms with Crippen LogP contribution in [0.15, 0.2) is 0 Å². The van der Waals surface area contributed by atoms with E-state index in [4.69, 9.17) is 4.74 Å². The number of ether oxygens (including phenoxy) is 1. The van der Waals surface area contributed by atoms with Crippen LogP contribution >= 0.6 is 0 Å². The van der Waals surface area contributed by atoms with E-state index in [2.05, 4.69) is 19.2 Å².